The number of nitrogens with zero attached hydrogens (tertiary/aromatic N) is 1. The zero-order valence-electron chi connectivity index (χ0n) is 10.8. The number of anilines is 2. The summed E-state index contributed by atoms with van der Waals surface area (Å²) in [6, 6.07) is 5.02. The summed E-state index contributed by atoms with van der Waals surface area (Å²) in [6.45, 7) is 0. The van der Waals surface area contributed by atoms with Gasteiger partial charge >= 0.3 is 0 Å². The molecule has 0 amide bonds. The lowest BCUT2D eigenvalue weighted by Crippen LogP contribution is -2.15. The summed E-state index contributed by atoms with van der Waals surface area (Å²) in [5, 5.41) is 0. The van der Waals surface area contributed by atoms with Gasteiger partial charge in [0.1, 0.15) is 10.6 Å². The van der Waals surface area contributed by atoms with E-state index < -0.39 is 16.0 Å². The van der Waals surface area contributed by atoms with Crippen LogP contribution in [0.3, 0.4) is 0 Å². The van der Waals surface area contributed by atoms with Crippen molar-refractivity contribution >= 4 is 37.3 Å². The molecule has 0 aliphatic carbocycles. The molecule has 0 aliphatic rings. The molecule has 0 aliphatic heterocycles. The molecule has 0 saturated heterocycles. The van der Waals surface area contributed by atoms with Gasteiger partial charge in [-0.15, -0.1) is 0 Å². The van der Waals surface area contributed by atoms with E-state index in [-0.39, 0.29) is 22.0 Å². The van der Waals surface area contributed by atoms with Gasteiger partial charge in [0.25, 0.3) is 10.0 Å². The van der Waals surface area contributed by atoms with Crippen LogP contribution >= 0.6 is 15.9 Å². The number of benzene rings is 1. The van der Waals surface area contributed by atoms with E-state index in [2.05, 4.69) is 25.6 Å². The van der Waals surface area contributed by atoms with Crippen molar-refractivity contribution in [2.75, 3.05) is 17.6 Å². The highest BCUT2D eigenvalue weighted by Gasteiger charge is 2.21. The molecule has 6 nitrogen and oxygen atoms in total. The summed E-state index contributed by atoms with van der Waals surface area (Å²) in [4.78, 5) is 3.24. The highest BCUT2D eigenvalue weighted by molar-refractivity contribution is 9.10. The lowest BCUT2D eigenvalue weighted by molar-refractivity contribution is 0.402. The first-order chi connectivity index (χ1) is 9.83. The molecule has 9 heteroatoms. The molecule has 2 aromatic rings. The Bertz CT molecular complexity index is 766. The third-order valence-electron chi connectivity index (χ3n) is 2.55. The average Bonchev–Trinajstić information content (AvgIpc) is 2.43. The van der Waals surface area contributed by atoms with Crippen LogP contribution in [0.25, 0.3) is 0 Å². The van der Waals surface area contributed by atoms with Gasteiger partial charge in [-0.25, -0.2) is 13.4 Å². The molecule has 0 spiro atoms. The topological polar surface area (TPSA) is 94.3 Å². The number of methoxy groups -OCH3 is 1. The molecule has 3 N–H and O–H groups in total. The van der Waals surface area contributed by atoms with Gasteiger partial charge in [0.2, 0.25) is 5.95 Å². The summed E-state index contributed by atoms with van der Waals surface area (Å²) in [5.74, 6) is -0.581. The Morgan fingerprint density at radius 3 is 2.67 bits per heavy atom. The largest absolute Gasteiger partial charge is 0.495 e. The van der Waals surface area contributed by atoms with Crippen LogP contribution in [0, 0.1) is 5.95 Å². The summed E-state index contributed by atoms with van der Waals surface area (Å²) in [5.41, 5.74) is 6.07. The van der Waals surface area contributed by atoms with Crippen LogP contribution in [0.4, 0.5) is 15.8 Å². The molecule has 1 aromatic heterocycles. The molecule has 0 fully saturated rings. The van der Waals surface area contributed by atoms with E-state index in [4.69, 9.17) is 10.5 Å². The highest BCUT2D eigenvalue weighted by Crippen LogP contribution is 2.33. The van der Waals surface area contributed by atoms with Crippen molar-refractivity contribution in [2.45, 2.75) is 4.90 Å². The van der Waals surface area contributed by atoms with E-state index in [1.54, 1.807) is 0 Å². The number of ether oxygens (including phenoxy) is 1. The molecule has 1 heterocycles. The van der Waals surface area contributed by atoms with Gasteiger partial charge in [-0.3, -0.25) is 4.72 Å². The van der Waals surface area contributed by atoms with Gasteiger partial charge in [0.15, 0.2) is 0 Å². The van der Waals surface area contributed by atoms with Crippen molar-refractivity contribution in [2.24, 2.45) is 0 Å². The highest BCUT2D eigenvalue weighted by atomic mass is 79.9. The van der Waals surface area contributed by atoms with Gasteiger partial charge in [0, 0.05) is 10.2 Å². The van der Waals surface area contributed by atoms with Crippen LogP contribution in [0.5, 0.6) is 5.75 Å². The lowest BCUT2D eigenvalue weighted by atomic mass is 10.3. The Balaban J connectivity index is 2.44. The molecule has 0 bridgehead atoms. The Labute approximate surface area is 129 Å². The predicted molar refractivity (Wildman–Crippen MR) is 80.1 cm³/mol. The number of aromatic nitrogens is 1. The number of nitrogens with two attached hydrogens (primary N) is 1. The molecule has 1 aromatic carbocycles. The van der Waals surface area contributed by atoms with Crippen molar-refractivity contribution < 1.29 is 17.5 Å². The van der Waals surface area contributed by atoms with Gasteiger partial charge in [0.05, 0.1) is 19.0 Å². The molecule has 21 heavy (non-hydrogen) atoms. The van der Waals surface area contributed by atoms with E-state index in [9.17, 15) is 12.8 Å². The smallest absolute Gasteiger partial charge is 0.265 e. The summed E-state index contributed by atoms with van der Waals surface area (Å²) in [7, 11) is -2.60. The minimum Gasteiger partial charge on any atom is -0.495 e. The minimum atomic E-state index is -3.95. The zero-order valence-corrected chi connectivity index (χ0v) is 13.2. The third kappa shape index (κ3) is 3.42. The average molecular weight is 376 g/mol. The molecule has 112 valence electrons. The summed E-state index contributed by atoms with van der Waals surface area (Å²) >= 11 is 3.19. The Hall–Kier alpha value is -1.87. The van der Waals surface area contributed by atoms with Crippen molar-refractivity contribution in [3.63, 3.8) is 0 Å². The van der Waals surface area contributed by atoms with Gasteiger partial charge in [-0.05, 0) is 40.2 Å². The van der Waals surface area contributed by atoms with E-state index in [1.165, 1.54) is 25.3 Å². The monoisotopic (exact) mass is 375 g/mol. The van der Waals surface area contributed by atoms with Crippen molar-refractivity contribution in [1.82, 2.24) is 4.98 Å². The second-order valence-corrected chi connectivity index (χ2v) is 6.50. The first-order valence-electron chi connectivity index (χ1n) is 5.61. The lowest BCUT2D eigenvalue weighted by Gasteiger charge is -2.13. The SMILES string of the molecule is COc1cc(Br)c(N)cc1S(=O)(=O)Nc1ccc(F)nc1. The number of sulfonamides is 1. The number of nitrogen functional groups attached to an aromatic ring is 1. The first kappa shape index (κ1) is 15.5. The molecule has 0 saturated carbocycles. The normalized spacial score (nSPS) is 11.2. The number of rotatable bonds is 4. The zero-order chi connectivity index (χ0) is 15.6. The molecular weight excluding hydrogens is 365 g/mol. The van der Waals surface area contributed by atoms with Crippen molar-refractivity contribution in [1.29, 1.82) is 0 Å². The van der Waals surface area contributed by atoms with E-state index in [1.807, 2.05) is 0 Å². The Morgan fingerprint density at radius 1 is 1.38 bits per heavy atom. The van der Waals surface area contributed by atoms with Crippen LogP contribution in [0.15, 0.2) is 39.8 Å². The maximum atomic E-state index is 12.7. The van der Waals surface area contributed by atoms with E-state index in [0.717, 1.165) is 12.3 Å². The molecular formula is C12H11BrFN3O3S. The Morgan fingerprint density at radius 2 is 2.10 bits per heavy atom. The van der Waals surface area contributed by atoms with Crippen LogP contribution < -0.4 is 15.2 Å². The third-order valence-corrected chi connectivity index (χ3v) is 4.64. The second-order valence-electron chi connectivity index (χ2n) is 4.00. The number of hydrogen-bond donors (Lipinski definition) is 2. The summed E-state index contributed by atoms with van der Waals surface area (Å²) < 4.78 is 45.3. The maximum absolute atomic E-state index is 12.7. The van der Waals surface area contributed by atoms with Gasteiger partial charge < -0.3 is 10.5 Å². The number of hydrogen-bond acceptors (Lipinski definition) is 5. The van der Waals surface area contributed by atoms with Gasteiger partial charge in [-0.2, -0.15) is 4.39 Å². The van der Waals surface area contributed by atoms with Crippen molar-refractivity contribution in [3.8, 4) is 5.75 Å². The standard InChI is InChI=1S/C12H11BrFN3O3S/c1-20-10-4-8(13)9(15)5-11(10)21(18,19)17-7-2-3-12(14)16-6-7/h2-6,17H,15H2,1H3. The van der Waals surface area contributed by atoms with Crippen LogP contribution in [0.2, 0.25) is 0 Å². The number of pyridine rings is 1. The number of halogens is 2. The molecule has 0 atom stereocenters. The van der Waals surface area contributed by atoms with Crippen molar-refractivity contribution in [3.05, 3.63) is 40.9 Å². The second kappa shape index (κ2) is 5.86. The fraction of sp³-hybridized carbons (Fsp3) is 0.0833. The van der Waals surface area contributed by atoms with Crippen LogP contribution in [-0.2, 0) is 10.0 Å². The minimum absolute atomic E-state index is 0.124. The number of nitrogens with one attached hydrogen (secondary N) is 1. The summed E-state index contributed by atoms with van der Waals surface area (Å²) in [6.07, 6.45) is 1.07. The van der Waals surface area contributed by atoms with Gasteiger partial charge in [-0.1, -0.05) is 0 Å². The van der Waals surface area contributed by atoms with E-state index in [0.29, 0.717) is 4.47 Å². The maximum Gasteiger partial charge on any atom is 0.265 e. The molecule has 2 rings (SSSR count). The molecule has 0 radical (unpaired) electrons. The fourth-order valence-electron chi connectivity index (χ4n) is 1.57. The van der Waals surface area contributed by atoms with E-state index >= 15 is 0 Å². The van der Waals surface area contributed by atoms with Crippen LogP contribution in [-0.4, -0.2) is 20.5 Å². The van der Waals surface area contributed by atoms with Crippen LogP contribution in [0.1, 0.15) is 0 Å². The molecule has 0 unspecified atom stereocenters. The predicted octanol–water partition coefficient (Wildman–Crippen LogP) is 2.37. The quantitative estimate of drug-likeness (QED) is 0.631. The Kier molecular flexibility index (Phi) is 4.33. The first-order valence-corrected chi connectivity index (χ1v) is 7.88. The fourth-order valence-corrected chi connectivity index (χ4v) is 3.12.